The summed E-state index contributed by atoms with van der Waals surface area (Å²) < 4.78 is 5.85. The number of hydrogen-bond acceptors (Lipinski definition) is 6. The first kappa shape index (κ1) is 20.6. The highest BCUT2D eigenvalue weighted by Crippen LogP contribution is 2.35. The summed E-state index contributed by atoms with van der Waals surface area (Å²) >= 11 is 1.45. The summed E-state index contributed by atoms with van der Waals surface area (Å²) in [5, 5.41) is 1.81. The summed E-state index contributed by atoms with van der Waals surface area (Å²) in [7, 11) is 0. The molecule has 8 heteroatoms. The Labute approximate surface area is 186 Å². The van der Waals surface area contributed by atoms with Crippen LogP contribution in [0.1, 0.15) is 35.3 Å². The first-order chi connectivity index (χ1) is 15.1. The Balaban J connectivity index is 1.27. The second-order valence-electron chi connectivity index (χ2n) is 8.79. The van der Waals surface area contributed by atoms with Gasteiger partial charge in [-0.2, -0.15) is 0 Å². The summed E-state index contributed by atoms with van der Waals surface area (Å²) in [5.74, 6) is 0.199. The van der Waals surface area contributed by atoms with Crippen LogP contribution in [-0.2, 0) is 16.1 Å². The van der Waals surface area contributed by atoms with Crippen LogP contribution in [0.4, 0.5) is 0 Å². The van der Waals surface area contributed by atoms with Crippen LogP contribution in [0.2, 0.25) is 0 Å². The van der Waals surface area contributed by atoms with Gasteiger partial charge in [0.2, 0.25) is 5.91 Å². The minimum atomic E-state index is -0.117. The second kappa shape index (κ2) is 8.68. The number of nitrogens with zero attached hydrogens (tertiary/aromatic N) is 4. The number of amides is 2. The molecule has 5 rings (SSSR count). The Morgan fingerprint density at radius 1 is 1.23 bits per heavy atom. The molecule has 31 heavy (non-hydrogen) atoms. The molecule has 2 aromatic rings. The molecule has 1 unspecified atom stereocenters. The van der Waals surface area contributed by atoms with Crippen LogP contribution in [0.3, 0.4) is 0 Å². The van der Waals surface area contributed by atoms with E-state index < -0.39 is 0 Å². The molecule has 1 atom stereocenters. The molecule has 4 heterocycles. The number of carbonyl (C=O) groups is 2. The third kappa shape index (κ3) is 4.12. The van der Waals surface area contributed by atoms with Crippen LogP contribution in [0, 0.1) is 0 Å². The Morgan fingerprint density at radius 3 is 2.71 bits per heavy atom. The van der Waals surface area contributed by atoms with Gasteiger partial charge < -0.3 is 14.5 Å². The zero-order valence-corrected chi connectivity index (χ0v) is 18.4. The van der Waals surface area contributed by atoms with E-state index in [0.29, 0.717) is 51.1 Å². The summed E-state index contributed by atoms with van der Waals surface area (Å²) in [6, 6.07) is 10.5. The first-order valence-electron chi connectivity index (χ1n) is 11.0. The molecule has 0 N–H and O–H groups in total. The standard InChI is InChI=1S/C23H28N4O3S/c28-21-13-27(19-6-9-25(10-7-19)22(29)20-14-31-17-24-20)23(8-11-30-16-23)15-26(21)12-18-4-2-1-3-5-18/h1-5,14,17,19H,6-13,15-16H2. The molecule has 1 aromatic heterocycles. The van der Waals surface area contributed by atoms with Gasteiger partial charge in [-0.3, -0.25) is 14.5 Å². The van der Waals surface area contributed by atoms with Crippen molar-refractivity contribution in [2.75, 3.05) is 39.4 Å². The number of likely N-dealkylation sites (tertiary alicyclic amines) is 1. The zero-order valence-electron chi connectivity index (χ0n) is 17.6. The lowest BCUT2D eigenvalue weighted by Crippen LogP contribution is -2.68. The highest BCUT2D eigenvalue weighted by atomic mass is 32.1. The van der Waals surface area contributed by atoms with Crippen molar-refractivity contribution in [2.45, 2.75) is 37.4 Å². The average Bonchev–Trinajstić information content (AvgIpc) is 3.50. The van der Waals surface area contributed by atoms with Crippen molar-refractivity contribution in [1.29, 1.82) is 0 Å². The van der Waals surface area contributed by atoms with E-state index in [1.54, 1.807) is 5.51 Å². The molecular formula is C23H28N4O3S. The maximum absolute atomic E-state index is 13.1. The van der Waals surface area contributed by atoms with Crippen LogP contribution in [0.5, 0.6) is 0 Å². The van der Waals surface area contributed by atoms with Crippen LogP contribution >= 0.6 is 11.3 Å². The Kier molecular flexibility index (Phi) is 5.77. The number of hydrogen-bond donors (Lipinski definition) is 0. The minimum Gasteiger partial charge on any atom is -0.379 e. The summed E-state index contributed by atoms with van der Waals surface area (Å²) in [5.41, 5.74) is 3.28. The van der Waals surface area contributed by atoms with Gasteiger partial charge in [0.15, 0.2) is 0 Å². The molecule has 0 bridgehead atoms. The van der Waals surface area contributed by atoms with E-state index in [1.165, 1.54) is 11.3 Å². The molecule has 3 fully saturated rings. The number of thiazole rings is 1. The number of ether oxygens (including phenoxy) is 1. The predicted octanol–water partition coefficient (Wildman–Crippen LogP) is 2.25. The number of carbonyl (C=O) groups excluding carboxylic acids is 2. The fraction of sp³-hybridized carbons (Fsp3) is 0.522. The lowest BCUT2D eigenvalue weighted by Gasteiger charge is -2.52. The number of rotatable bonds is 4. The molecule has 2 amide bonds. The van der Waals surface area contributed by atoms with E-state index in [1.807, 2.05) is 33.4 Å². The van der Waals surface area contributed by atoms with Crippen molar-refractivity contribution in [1.82, 2.24) is 19.7 Å². The lowest BCUT2D eigenvalue weighted by molar-refractivity contribution is -0.148. The summed E-state index contributed by atoms with van der Waals surface area (Å²) in [6.45, 7) is 4.61. The monoisotopic (exact) mass is 440 g/mol. The minimum absolute atomic E-state index is 0.0161. The fourth-order valence-corrected chi connectivity index (χ4v) is 5.75. The van der Waals surface area contributed by atoms with Crippen LogP contribution < -0.4 is 0 Å². The second-order valence-corrected chi connectivity index (χ2v) is 9.51. The molecule has 164 valence electrons. The van der Waals surface area contributed by atoms with E-state index >= 15 is 0 Å². The Hall–Kier alpha value is -2.29. The van der Waals surface area contributed by atoms with Gasteiger partial charge in [0.1, 0.15) is 5.69 Å². The molecule has 3 aliphatic heterocycles. The van der Waals surface area contributed by atoms with E-state index in [2.05, 4.69) is 22.0 Å². The predicted molar refractivity (Wildman–Crippen MR) is 118 cm³/mol. The highest BCUT2D eigenvalue weighted by molar-refractivity contribution is 7.07. The van der Waals surface area contributed by atoms with E-state index in [0.717, 1.165) is 31.4 Å². The quantitative estimate of drug-likeness (QED) is 0.730. The third-order valence-electron chi connectivity index (χ3n) is 6.90. The van der Waals surface area contributed by atoms with Gasteiger partial charge in [0.05, 0.1) is 24.2 Å². The molecular weight excluding hydrogens is 412 g/mol. The van der Waals surface area contributed by atoms with Crippen LogP contribution in [0.15, 0.2) is 41.2 Å². The molecule has 0 saturated carbocycles. The fourth-order valence-electron chi connectivity index (χ4n) is 5.22. The molecule has 3 aliphatic rings. The Bertz CT molecular complexity index is 906. The topological polar surface area (TPSA) is 66.0 Å². The summed E-state index contributed by atoms with van der Waals surface area (Å²) in [6.07, 6.45) is 2.71. The van der Waals surface area contributed by atoms with Gasteiger partial charge in [0, 0.05) is 44.2 Å². The van der Waals surface area contributed by atoms with E-state index in [9.17, 15) is 9.59 Å². The van der Waals surface area contributed by atoms with E-state index in [4.69, 9.17) is 4.74 Å². The van der Waals surface area contributed by atoms with Gasteiger partial charge in [-0.15, -0.1) is 11.3 Å². The van der Waals surface area contributed by atoms with Gasteiger partial charge in [-0.05, 0) is 24.8 Å². The SMILES string of the molecule is O=C1CN(C2CCN(C(=O)c3cscn3)CC2)C2(CCOC2)CN1Cc1ccccc1. The highest BCUT2D eigenvalue weighted by Gasteiger charge is 2.50. The molecule has 0 radical (unpaired) electrons. The van der Waals surface area contributed by atoms with Gasteiger partial charge in [-0.1, -0.05) is 30.3 Å². The number of piperidine rings is 1. The number of aromatic nitrogens is 1. The van der Waals surface area contributed by atoms with Crippen molar-refractivity contribution in [3.63, 3.8) is 0 Å². The molecule has 0 aliphatic carbocycles. The van der Waals surface area contributed by atoms with Crippen molar-refractivity contribution in [2.24, 2.45) is 0 Å². The van der Waals surface area contributed by atoms with Crippen molar-refractivity contribution >= 4 is 23.2 Å². The number of benzene rings is 1. The van der Waals surface area contributed by atoms with Crippen molar-refractivity contribution < 1.29 is 14.3 Å². The number of piperazine rings is 1. The maximum atomic E-state index is 13.1. The van der Waals surface area contributed by atoms with Gasteiger partial charge >= 0.3 is 0 Å². The van der Waals surface area contributed by atoms with Crippen LogP contribution in [0.25, 0.3) is 0 Å². The molecule has 1 spiro atoms. The lowest BCUT2D eigenvalue weighted by atomic mass is 9.88. The zero-order chi connectivity index (χ0) is 21.3. The third-order valence-corrected chi connectivity index (χ3v) is 7.48. The first-order valence-corrected chi connectivity index (χ1v) is 11.9. The smallest absolute Gasteiger partial charge is 0.273 e. The normalized spacial score (nSPS) is 25.5. The summed E-state index contributed by atoms with van der Waals surface area (Å²) in [4.78, 5) is 36.2. The largest absolute Gasteiger partial charge is 0.379 e. The maximum Gasteiger partial charge on any atom is 0.273 e. The molecule has 7 nitrogen and oxygen atoms in total. The van der Waals surface area contributed by atoms with Gasteiger partial charge in [-0.25, -0.2) is 4.98 Å². The molecule has 3 saturated heterocycles. The Morgan fingerprint density at radius 2 is 2.03 bits per heavy atom. The van der Waals surface area contributed by atoms with Gasteiger partial charge in [0.25, 0.3) is 5.91 Å². The van der Waals surface area contributed by atoms with Crippen molar-refractivity contribution in [3.05, 3.63) is 52.5 Å². The molecule has 1 aromatic carbocycles. The van der Waals surface area contributed by atoms with Crippen molar-refractivity contribution in [3.8, 4) is 0 Å². The van der Waals surface area contributed by atoms with E-state index in [-0.39, 0.29) is 17.4 Å². The average molecular weight is 441 g/mol. The van der Waals surface area contributed by atoms with Crippen LogP contribution in [-0.4, -0.2) is 82.5 Å².